The number of halogens is 3. The van der Waals surface area contributed by atoms with Gasteiger partial charge in [-0.2, -0.15) is 13.2 Å². The molecule has 0 radical (unpaired) electrons. The van der Waals surface area contributed by atoms with Crippen molar-refractivity contribution in [1.82, 2.24) is 4.90 Å². The standard InChI is InChI=1S/C19H22F3N3O4/c1-2-14-17(27)25(11-16(26)24-8-4-3-5-9-24)13-10-12(6-7-15(13)29-14)23-18(28)19(20,21)22/h6-7,10,14H,2-5,8-9,11H2,1H3,(H,23,28). The van der Waals surface area contributed by atoms with Crippen LogP contribution in [0.5, 0.6) is 5.75 Å². The first-order valence-corrected chi connectivity index (χ1v) is 9.48. The molecular weight excluding hydrogens is 391 g/mol. The quantitative estimate of drug-likeness (QED) is 0.823. The molecular formula is C19H22F3N3O4. The van der Waals surface area contributed by atoms with Crippen molar-refractivity contribution in [3.63, 3.8) is 0 Å². The third kappa shape index (κ3) is 4.63. The molecule has 7 nitrogen and oxygen atoms in total. The highest BCUT2D eigenvalue weighted by Crippen LogP contribution is 2.37. The predicted molar refractivity (Wildman–Crippen MR) is 98.6 cm³/mol. The summed E-state index contributed by atoms with van der Waals surface area (Å²) in [6.45, 7) is 2.75. The highest BCUT2D eigenvalue weighted by Gasteiger charge is 2.39. The maximum absolute atomic E-state index is 12.8. The highest BCUT2D eigenvalue weighted by atomic mass is 19.4. The Kier molecular flexibility index (Phi) is 5.99. The van der Waals surface area contributed by atoms with Gasteiger partial charge in [-0.05, 0) is 43.9 Å². The fraction of sp³-hybridized carbons (Fsp3) is 0.526. The third-order valence-electron chi connectivity index (χ3n) is 4.95. The fourth-order valence-corrected chi connectivity index (χ4v) is 3.40. The molecule has 158 valence electrons. The maximum Gasteiger partial charge on any atom is 0.471 e. The molecule has 1 fully saturated rings. The molecule has 0 bridgehead atoms. The first-order valence-electron chi connectivity index (χ1n) is 9.48. The molecule has 3 amide bonds. The lowest BCUT2D eigenvalue weighted by Gasteiger charge is -2.36. The third-order valence-corrected chi connectivity index (χ3v) is 4.95. The van der Waals surface area contributed by atoms with Crippen LogP contribution in [0.25, 0.3) is 0 Å². The van der Waals surface area contributed by atoms with E-state index < -0.39 is 24.1 Å². The number of piperidine rings is 1. The summed E-state index contributed by atoms with van der Waals surface area (Å²) < 4.78 is 43.2. The summed E-state index contributed by atoms with van der Waals surface area (Å²) >= 11 is 0. The molecule has 2 aliphatic rings. The van der Waals surface area contributed by atoms with Gasteiger partial charge in [-0.15, -0.1) is 0 Å². The molecule has 1 atom stereocenters. The maximum atomic E-state index is 12.8. The van der Waals surface area contributed by atoms with Gasteiger partial charge in [0.25, 0.3) is 5.91 Å². The predicted octanol–water partition coefficient (Wildman–Crippen LogP) is 2.70. The van der Waals surface area contributed by atoms with Crippen LogP contribution in [0.15, 0.2) is 18.2 Å². The number of benzene rings is 1. The lowest BCUT2D eigenvalue weighted by atomic mass is 10.1. The zero-order valence-electron chi connectivity index (χ0n) is 15.9. The number of rotatable bonds is 4. The lowest BCUT2D eigenvalue weighted by Crippen LogP contribution is -2.51. The number of nitrogens with zero attached hydrogens (tertiary/aromatic N) is 2. The van der Waals surface area contributed by atoms with Gasteiger partial charge in [-0.1, -0.05) is 6.92 Å². The van der Waals surface area contributed by atoms with E-state index >= 15 is 0 Å². The van der Waals surface area contributed by atoms with Gasteiger partial charge in [-0.25, -0.2) is 0 Å². The van der Waals surface area contributed by atoms with Gasteiger partial charge in [0.15, 0.2) is 6.10 Å². The van der Waals surface area contributed by atoms with Crippen LogP contribution in [0, 0.1) is 0 Å². The Hall–Kier alpha value is -2.78. The number of carbonyl (C=O) groups is 3. The SMILES string of the molecule is CCC1Oc2ccc(NC(=O)C(F)(F)F)cc2N(CC(=O)N2CCCCC2)C1=O. The number of hydrogen-bond acceptors (Lipinski definition) is 4. The molecule has 2 aliphatic heterocycles. The summed E-state index contributed by atoms with van der Waals surface area (Å²) in [5, 5.41) is 1.76. The van der Waals surface area contributed by atoms with Crippen LogP contribution < -0.4 is 15.0 Å². The van der Waals surface area contributed by atoms with Gasteiger partial charge in [0, 0.05) is 18.8 Å². The van der Waals surface area contributed by atoms with Crippen LogP contribution in [-0.2, 0) is 14.4 Å². The van der Waals surface area contributed by atoms with E-state index in [9.17, 15) is 27.6 Å². The minimum Gasteiger partial charge on any atom is -0.478 e. The number of nitrogens with one attached hydrogen (secondary N) is 1. The number of hydrogen-bond donors (Lipinski definition) is 1. The Labute approximate surface area is 165 Å². The summed E-state index contributed by atoms with van der Waals surface area (Å²) in [5.41, 5.74) is 0.0119. The fourth-order valence-electron chi connectivity index (χ4n) is 3.40. The van der Waals surface area contributed by atoms with Crippen molar-refractivity contribution in [1.29, 1.82) is 0 Å². The van der Waals surface area contributed by atoms with E-state index in [0.29, 0.717) is 19.5 Å². The van der Waals surface area contributed by atoms with Crippen molar-refractivity contribution in [2.45, 2.75) is 44.9 Å². The largest absolute Gasteiger partial charge is 0.478 e. The van der Waals surface area contributed by atoms with E-state index in [1.165, 1.54) is 23.1 Å². The summed E-state index contributed by atoms with van der Waals surface area (Å²) in [7, 11) is 0. The Balaban J connectivity index is 1.87. The lowest BCUT2D eigenvalue weighted by molar-refractivity contribution is -0.167. The molecule has 0 aromatic heterocycles. The van der Waals surface area contributed by atoms with E-state index in [1.54, 1.807) is 17.1 Å². The summed E-state index contributed by atoms with van der Waals surface area (Å²) in [5.74, 6) is -2.52. The minimum atomic E-state index is -5.04. The molecule has 29 heavy (non-hydrogen) atoms. The summed E-state index contributed by atoms with van der Waals surface area (Å²) in [6.07, 6.45) is -2.62. The first kappa shape index (κ1) is 20.9. The zero-order chi connectivity index (χ0) is 21.2. The normalized spacial score (nSPS) is 19.4. The van der Waals surface area contributed by atoms with E-state index in [4.69, 9.17) is 4.74 Å². The molecule has 2 heterocycles. The molecule has 1 N–H and O–H groups in total. The summed E-state index contributed by atoms with van der Waals surface area (Å²) in [4.78, 5) is 39.6. The van der Waals surface area contributed by atoms with Gasteiger partial charge < -0.3 is 15.0 Å². The van der Waals surface area contributed by atoms with Gasteiger partial charge >= 0.3 is 12.1 Å². The topological polar surface area (TPSA) is 79.0 Å². The van der Waals surface area contributed by atoms with Crippen LogP contribution in [0.4, 0.5) is 24.5 Å². The second-order valence-corrected chi connectivity index (χ2v) is 7.01. The van der Waals surface area contributed by atoms with Gasteiger partial charge in [0.05, 0.1) is 5.69 Å². The average Bonchev–Trinajstić information content (AvgIpc) is 2.69. The molecule has 0 spiro atoms. The number of carbonyl (C=O) groups excluding carboxylic acids is 3. The highest BCUT2D eigenvalue weighted by molar-refractivity contribution is 6.05. The minimum absolute atomic E-state index is 0.146. The average molecular weight is 413 g/mol. The zero-order valence-corrected chi connectivity index (χ0v) is 15.9. The van der Waals surface area contributed by atoms with Crippen molar-refractivity contribution < 1.29 is 32.3 Å². The van der Waals surface area contributed by atoms with Crippen molar-refractivity contribution in [3.05, 3.63) is 18.2 Å². The van der Waals surface area contributed by atoms with Crippen molar-refractivity contribution in [2.24, 2.45) is 0 Å². The van der Waals surface area contributed by atoms with Crippen LogP contribution in [0.3, 0.4) is 0 Å². The smallest absolute Gasteiger partial charge is 0.471 e. The Morgan fingerprint density at radius 2 is 1.90 bits per heavy atom. The van der Waals surface area contributed by atoms with Gasteiger partial charge in [-0.3, -0.25) is 19.3 Å². The Bertz CT molecular complexity index is 806. The second-order valence-electron chi connectivity index (χ2n) is 7.01. The van der Waals surface area contributed by atoms with Crippen molar-refractivity contribution in [3.8, 4) is 5.75 Å². The van der Waals surface area contributed by atoms with Crippen LogP contribution in [0.1, 0.15) is 32.6 Å². The number of amides is 3. The number of likely N-dealkylation sites (tertiary alicyclic amines) is 1. The molecule has 0 saturated carbocycles. The number of ether oxygens (including phenoxy) is 1. The van der Waals surface area contributed by atoms with E-state index in [2.05, 4.69) is 0 Å². The Morgan fingerprint density at radius 1 is 1.21 bits per heavy atom. The van der Waals surface area contributed by atoms with Gasteiger partial charge in [0.1, 0.15) is 12.3 Å². The van der Waals surface area contributed by atoms with Crippen LogP contribution in [-0.4, -0.2) is 54.5 Å². The first-order chi connectivity index (χ1) is 13.7. The van der Waals surface area contributed by atoms with E-state index in [-0.39, 0.29) is 29.6 Å². The molecule has 1 aromatic rings. The van der Waals surface area contributed by atoms with E-state index in [0.717, 1.165) is 19.3 Å². The van der Waals surface area contributed by atoms with E-state index in [1.807, 2.05) is 0 Å². The van der Waals surface area contributed by atoms with Crippen molar-refractivity contribution >= 4 is 29.1 Å². The second kappa shape index (κ2) is 8.30. The van der Waals surface area contributed by atoms with Crippen molar-refractivity contribution in [2.75, 3.05) is 29.9 Å². The molecule has 1 aromatic carbocycles. The molecule has 1 unspecified atom stereocenters. The molecule has 3 rings (SSSR count). The molecule has 1 saturated heterocycles. The number of alkyl halides is 3. The molecule has 10 heteroatoms. The summed E-state index contributed by atoms with van der Waals surface area (Å²) in [6, 6.07) is 3.86. The Morgan fingerprint density at radius 3 is 2.52 bits per heavy atom. The number of anilines is 2. The molecule has 0 aliphatic carbocycles. The number of fused-ring (bicyclic) bond motifs is 1. The van der Waals surface area contributed by atoms with Gasteiger partial charge in [0.2, 0.25) is 5.91 Å². The monoisotopic (exact) mass is 413 g/mol. The van der Waals surface area contributed by atoms with Crippen LogP contribution >= 0.6 is 0 Å². The van der Waals surface area contributed by atoms with Crippen LogP contribution in [0.2, 0.25) is 0 Å².